The number of halogens is 2. The van der Waals surface area contributed by atoms with Gasteiger partial charge in [0.15, 0.2) is 5.78 Å². The number of Topliss-reactive ketones (excluding diaryl/α,β-unsaturated/α-hetero) is 1. The molecule has 1 atom stereocenters. The summed E-state index contributed by atoms with van der Waals surface area (Å²) >= 11 is 7.82. The molecule has 0 saturated carbocycles. The van der Waals surface area contributed by atoms with Crippen molar-refractivity contribution in [1.29, 1.82) is 0 Å². The normalized spacial score (nSPS) is 12.3. The van der Waals surface area contributed by atoms with Gasteiger partial charge >= 0.3 is 0 Å². The Kier molecular flexibility index (Phi) is 4.19. The summed E-state index contributed by atoms with van der Waals surface area (Å²) in [6.45, 7) is 1.67. The number of ether oxygens (including phenoxy) is 1. The molecular weight excluding hydrogens is 314 g/mol. The topological polar surface area (TPSA) is 26.3 Å². The first-order valence-electron chi connectivity index (χ1n) is 4.08. The predicted octanol–water partition coefficient (Wildman–Crippen LogP) is 3.11. The van der Waals surface area contributed by atoms with Crippen LogP contribution < -0.4 is 4.74 Å². The van der Waals surface area contributed by atoms with Gasteiger partial charge in [0, 0.05) is 5.56 Å². The highest BCUT2D eigenvalue weighted by atomic mass is 127. The third-order valence-corrected chi connectivity index (χ3v) is 3.12. The Morgan fingerprint density at radius 2 is 2.21 bits per heavy atom. The molecule has 4 heteroatoms. The summed E-state index contributed by atoms with van der Waals surface area (Å²) in [7, 11) is 1.58. The van der Waals surface area contributed by atoms with E-state index < -0.39 is 5.38 Å². The van der Waals surface area contributed by atoms with Crippen LogP contribution in [0.15, 0.2) is 18.2 Å². The van der Waals surface area contributed by atoms with Gasteiger partial charge < -0.3 is 4.74 Å². The minimum Gasteiger partial charge on any atom is -0.496 e. The van der Waals surface area contributed by atoms with E-state index in [0.717, 1.165) is 3.57 Å². The third kappa shape index (κ3) is 2.39. The van der Waals surface area contributed by atoms with Crippen molar-refractivity contribution in [3.8, 4) is 5.75 Å². The van der Waals surface area contributed by atoms with E-state index in [1.165, 1.54) is 0 Å². The number of carbonyl (C=O) groups is 1. The molecular formula is C10H10ClIO2. The number of ketones is 1. The van der Waals surface area contributed by atoms with Crippen molar-refractivity contribution in [2.24, 2.45) is 0 Å². The van der Waals surface area contributed by atoms with Crippen molar-refractivity contribution < 1.29 is 9.53 Å². The van der Waals surface area contributed by atoms with Gasteiger partial charge in [-0.25, -0.2) is 0 Å². The average molecular weight is 325 g/mol. The zero-order valence-electron chi connectivity index (χ0n) is 7.88. The van der Waals surface area contributed by atoms with Crippen LogP contribution in [0.1, 0.15) is 17.3 Å². The van der Waals surface area contributed by atoms with Crippen LogP contribution in [0.5, 0.6) is 5.75 Å². The highest BCUT2D eigenvalue weighted by Crippen LogP contribution is 2.25. The molecule has 1 aromatic rings. The van der Waals surface area contributed by atoms with Crippen molar-refractivity contribution in [2.75, 3.05) is 7.11 Å². The summed E-state index contributed by atoms with van der Waals surface area (Å²) in [4.78, 5) is 11.6. The lowest BCUT2D eigenvalue weighted by atomic mass is 10.1. The fourth-order valence-corrected chi connectivity index (χ4v) is 2.04. The van der Waals surface area contributed by atoms with E-state index in [1.807, 2.05) is 6.07 Å². The highest BCUT2D eigenvalue weighted by Gasteiger charge is 2.17. The van der Waals surface area contributed by atoms with Crippen molar-refractivity contribution in [2.45, 2.75) is 12.3 Å². The Labute approximate surface area is 102 Å². The van der Waals surface area contributed by atoms with E-state index in [2.05, 4.69) is 22.6 Å². The Morgan fingerprint density at radius 3 is 2.71 bits per heavy atom. The Bertz CT molecular complexity index is 350. The molecule has 76 valence electrons. The number of alkyl halides is 1. The lowest BCUT2D eigenvalue weighted by Gasteiger charge is -2.08. The summed E-state index contributed by atoms with van der Waals surface area (Å²) in [5.41, 5.74) is 0.618. The summed E-state index contributed by atoms with van der Waals surface area (Å²) in [5, 5.41) is -0.504. The molecule has 0 aliphatic rings. The zero-order chi connectivity index (χ0) is 10.7. The van der Waals surface area contributed by atoms with Gasteiger partial charge in [-0.1, -0.05) is 12.1 Å². The summed E-state index contributed by atoms with van der Waals surface area (Å²) in [6.07, 6.45) is 0. The third-order valence-electron chi connectivity index (χ3n) is 1.81. The van der Waals surface area contributed by atoms with Crippen LogP contribution in [-0.2, 0) is 0 Å². The lowest BCUT2D eigenvalue weighted by Crippen LogP contribution is -2.12. The van der Waals surface area contributed by atoms with Gasteiger partial charge in [0.2, 0.25) is 0 Å². The zero-order valence-corrected chi connectivity index (χ0v) is 10.8. The Morgan fingerprint density at radius 1 is 1.57 bits per heavy atom. The maximum absolute atomic E-state index is 11.6. The number of hydrogen-bond donors (Lipinski definition) is 0. The number of benzene rings is 1. The first-order valence-corrected chi connectivity index (χ1v) is 5.60. The second-order valence-electron chi connectivity index (χ2n) is 2.80. The van der Waals surface area contributed by atoms with Crippen LogP contribution in [0.3, 0.4) is 0 Å². The van der Waals surface area contributed by atoms with E-state index in [-0.39, 0.29) is 5.78 Å². The smallest absolute Gasteiger partial charge is 0.181 e. The van der Waals surface area contributed by atoms with Crippen LogP contribution in [-0.4, -0.2) is 18.3 Å². The number of rotatable bonds is 3. The molecule has 2 nitrogen and oxygen atoms in total. The molecule has 0 spiro atoms. The molecule has 0 aliphatic carbocycles. The molecule has 0 radical (unpaired) electrons. The van der Waals surface area contributed by atoms with Gasteiger partial charge in [-0.15, -0.1) is 11.6 Å². The fraction of sp³-hybridized carbons (Fsp3) is 0.300. The molecule has 0 saturated heterocycles. The SMILES string of the molecule is COc1cccc(C(=O)C(C)Cl)c1I. The molecule has 1 aromatic carbocycles. The van der Waals surface area contributed by atoms with Gasteiger partial charge in [0.05, 0.1) is 16.1 Å². The largest absolute Gasteiger partial charge is 0.496 e. The molecule has 14 heavy (non-hydrogen) atoms. The first-order chi connectivity index (χ1) is 6.57. The first kappa shape index (κ1) is 11.8. The number of hydrogen-bond acceptors (Lipinski definition) is 2. The predicted molar refractivity (Wildman–Crippen MR) is 65.4 cm³/mol. The fourth-order valence-electron chi connectivity index (χ4n) is 1.07. The molecule has 0 fully saturated rings. The van der Waals surface area contributed by atoms with E-state index in [1.54, 1.807) is 26.2 Å². The monoisotopic (exact) mass is 324 g/mol. The maximum Gasteiger partial charge on any atom is 0.181 e. The average Bonchev–Trinajstić information content (AvgIpc) is 2.17. The molecule has 0 bridgehead atoms. The van der Waals surface area contributed by atoms with Crippen LogP contribution >= 0.6 is 34.2 Å². The Balaban J connectivity index is 3.16. The molecule has 0 N–H and O–H groups in total. The maximum atomic E-state index is 11.6. The lowest BCUT2D eigenvalue weighted by molar-refractivity contribution is 0.0990. The summed E-state index contributed by atoms with van der Waals surface area (Å²) in [5.74, 6) is 0.628. The van der Waals surface area contributed by atoms with Gasteiger partial charge in [-0.2, -0.15) is 0 Å². The molecule has 1 unspecified atom stereocenters. The number of carbonyl (C=O) groups excluding carboxylic acids is 1. The summed E-state index contributed by atoms with van der Waals surface area (Å²) in [6, 6.07) is 5.36. The van der Waals surface area contributed by atoms with Gasteiger partial charge in [0.25, 0.3) is 0 Å². The van der Waals surface area contributed by atoms with Crippen molar-refractivity contribution in [1.82, 2.24) is 0 Å². The molecule has 1 rings (SSSR count). The minimum atomic E-state index is -0.504. The van der Waals surface area contributed by atoms with Crippen LogP contribution in [0, 0.1) is 3.57 Å². The van der Waals surface area contributed by atoms with E-state index in [9.17, 15) is 4.79 Å². The Hall–Kier alpha value is -0.290. The second-order valence-corrected chi connectivity index (χ2v) is 4.54. The van der Waals surface area contributed by atoms with Gasteiger partial charge in [-0.3, -0.25) is 4.79 Å². The summed E-state index contributed by atoms with van der Waals surface area (Å²) < 4.78 is 5.92. The molecule has 0 heterocycles. The van der Waals surface area contributed by atoms with Crippen LogP contribution in [0.4, 0.5) is 0 Å². The quantitative estimate of drug-likeness (QED) is 0.485. The number of methoxy groups -OCH3 is 1. The second kappa shape index (κ2) is 4.98. The van der Waals surface area contributed by atoms with Gasteiger partial charge in [0.1, 0.15) is 5.75 Å². The van der Waals surface area contributed by atoms with Gasteiger partial charge in [-0.05, 0) is 35.6 Å². The van der Waals surface area contributed by atoms with Crippen LogP contribution in [0.2, 0.25) is 0 Å². The van der Waals surface area contributed by atoms with Crippen molar-refractivity contribution >= 4 is 40.0 Å². The van der Waals surface area contributed by atoms with Crippen molar-refractivity contribution in [3.05, 3.63) is 27.3 Å². The van der Waals surface area contributed by atoms with E-state index in [4.69, 9.17) is 16.3 Å². The molecule has 0 aliphatic heterocycles. The minimum absolute atomic E-state index is 0.0741. The van der Waals surface area contributed by atoms with E-state index in [0.29, 0.717) is 11.3 Å². The highest BCUT2D eigenvalue weighted by molar-refractivity contribution is 14.1. The van der Waals surface area contributed by atoms with Crippen molar-refractivity contribution in [3.63, 3.8) is 0 Å². The van der Waals surface area contributed by atoms with Crippen LogP contribution in [0.25, 0.3) is 0 Å². The van der Waals surface area contributed by atoms with E-state index >= 15 is 0 Å². The molecule has 0 amide bonds. The molecule has 0 aromatic heterocycles. The standard InChI is InChI=1S/C10H10ClIO2/c1-6(11)10(13)7-4-3-5-8(14-2)9(7)12/h3-6H,1-2H3.